The van der Waals surface area contributed by atoms with Crippen molar-refractivity contribution in [1.82, 2.24) is 0 Å². The van der Waals surface area contributed by atoms with E-state index in [4.69, 9.17) is 14.2 Å². The fraction of sp³-hybridized carbons (Fsp3) is 0.907. The summed E-state index contributed by atoms with van der Waals surface area (Å²) in [6.07, 6.45) is 9.25. The molecule has 0 radical (unpaired) electrons. The fourth-order valence-electron chi connectivity index (χ4n) is 14.3. The Hall–Kier alpha value is -1.52. The number of aliphatic hydroxyl groups is 4. The van der Waals surface area contributed by atoms with Crippen molar-refractivity contribution in [3.63, 3.8) is 0 Å². The summed E-state index contributed by atoms with van der Waals surface area (Å²) in [5, 5.41) is 43.8. The van der Waals surface area contributed by atoms with E-state index in [1.807, 2.05) is 0 Å². The Bertz CT molecular complexity index is 1400. The van der Waals surface area contributed by atoms with Crippen LogP contribution in [0.25, 0.3) is 0 Å². The maximum absolute atomic E-state index is 14.4. The summed E-state index contributed by atoms with van der Waals surface area (Å²) >= 11 is 0. The number of aliphatic hydroxyl groups excluding tert-OH is 4. The first-order valence-corrected chi connectivity index (χ1v) is 20.7. The zero-order chi connectivity index (χ0) is 37.6. The van der Waals surface area contributed by atoms with Gasteiger partial charge in [0.1, 0.15) is 30.5 Å². The van der Waals surface area contributed by atoms with Crippen molar-refractivity contribution >= 4 is 12.4 Å². The topological polar surface area (TPSA) is 143 Å². The van der Waals surface area contributed by atoms with E-state index in [1.165, 1.54) is 12.0 Å². The second kappa shape index (κ2) is 13.3. The molecular weight excluding hydrogens is 660 g/mol. The molecule has 9 nitrogen and oxygen atoms in total. The second-order valence-electron chi connectivity index (χ2n) is 20.7. The number of fused-ring (bicyclic) bond motifs is 7. The molecule has 294 valence electrons. The van der Waals surface area contributed by atoms with Crippen LogP contribution in [0.1, 0.15) is 145 Å². The van der Waals surface area contributed by atoms with Gasteiger partial charge in [-0.3, -0.25) is 9.59 Å². The zero-order valence-electron chi connectivity index (χ0n) is 32.9. The van der Waals surface area contributed by atoms with Crippen molar-refractivity contribution in [3.8, 4) is 0 Å². The summed E-state index contributed by atoms with van der Waals surface area (Å²) < 4.78 is 17.1. The lowest BCUT2D eigenvalue weighted by atomic mass is 9.33. The minimum absolute atomic E-state index is 0.00293. The number of carbonyl (C=O) groups is 2. The van der Waals surface area contributed by atoms with E-state index in [2.05, 4.69) is 54.5 Å². The van der Waals surface area contributed by atoms with Crippen molar-refractivity contribution in [2.45, 2.75) is 188 Å². The first-order valence-electron chi connectivity index (χ1n) is 20.7. The van der Waals surface area contributed by atoms with E-state index in [1.54, 1.807) is 0 Å². The van der Waals surface area contributed by atoms with Crippen molar-refractivity contribution < 1.29 is 44.2 Å². The molecule has 0 amide bonds. The van der Waals surface area contributed by atoms with Gasteiger partial charge >= 0.3 is 5.97 Å². The molecule has 6 aliphatic carbocycles. The third-order valence-corrected chi connectivity index (χ3v) is 17.5. The molecule has 1 aliphatic heterocycles. The third kappa shape index (κ3) is 5.70. The van der Waals surface area contributed by atoms with Crippen LogP contribution in [0, 0.1) is 56.2 Å². The van der Waals surface area contributed by atoms with Gasteiger partial charge in [-0.05, 0) is 141 Å². The number of hydrogen-bond donors (Lipinski definition) is 4. The molecule has 0 spiro atoms. The molecule has 5 unspecified atom stereocenters. The highest BCUT2D eigenvalue weighted by Crippen LogP contribution is 2.76. The molecule has 52 heavy (non-hydrogen) atoms. The summed E-state index contributed by atoms with van der Waals surface area (Å²) in [7, 11) is 0. The van der Waals surface area contributed by atoms with Gasteiger partial charge in [0.05, 0.1) is 11.5 Å². The van der Waals surface area contributed by atoms with Gasteiger partial charge in [0.2, 0.25) is 6.29 Å². The lowest BCUT2D eigenvalue weighted by Crippen LogP contribution is -2.67. The second-order valence-corrected chi connectivity index (χ2v) is 20.7. The molecule has 0 aromatic heterocycles. The minimum atomic E-state index is -1.62. The molecule has 7 rings (SSSR count). The highest BCUT2D eigenvalue weighted by atomic mass is 16.7. The Labute approximate surface area is 311 Å². The molecular formula is C43H68O9. The van der Waals surface area contributed by atoms with Crippen LogP contribution in [-0.4, -0.2) is 75.8 Å². The monoisotopic (exact) mass is 728 g/mol. The number of allylic oxidation sites excluding steroid dienone is 2. The zero-order valence-corrected chi connectivity index (χ0v) is 32.9. The Balaban J connectivity index is 1.17. The van der Waals surface area contributed by atoms with Gasteiger partial charge in [-0.2, -0.15) is 0 Å². The lowest BCUT2D eigenvalue weighted by molar-refractivity contribution is -0.308. The average Bonchev–Trinajstić information content (AvgIpc) is 3.08. The van der Waals surface area contributed by atoms with E-state index < -0.39 is 42.2 Å². The Morgan fingerprint density at radius 1 is 0.846 bits per heavy atom. The first-order chi connectivity index (χ1) is 24.4. The normalized spacial score (nSPS) is 49.1. The molecule has 4 N–H and O–H groups in total. The maximum Gasteiger partial charge on any atom is 0.312 e. The molecule has 1 saturated heterocycles. The predicted octanol–water partition coefficient (Wildman–Crippen LogP) is 6.62. The lowest BCUT2D eigenvalue weighted by Gasteiger charge is -2.71. The summed E-state index contributed by atoms with van der Waals surface area (Å²) in [5.41, 5.74) is 0.975. The van der Waals surface area contributed by atoms with Gasteiger partial charge in [0.25, 0.3) is 6.47 Å². The van der Waals surface area contributed by atoms with Gasteiger partial charge in [-0.1, -0.05) is 66.5 Å². The molecule has 0 aromatic rings. The van der Waals surface area contributed by atoms with E-state index in [0.29, 0.717) is 11.8 Å². The SMILES string of the molecule is CC1(C)CC[C@]2(C(=O)OC3CCCCC3)CC[C@]3(C)C(=CCC4[C@@]5(C)CC[C@H]([C@H](O)[C@@H]6OC(OC=O)[C@@H](O)[C@H](O)C6O)C(C)(C)C5CC[C@]43C)C2C1. The number of rotatable bonds is 6. The molecule has 6 fully saturated rings. The van der Waals surface area contributed by atoms with Crippen LogP contribution in [0.5, 0.6) is 0 Å². The Morgan fingerprint density at radius 2 is 1.54 bits per heavy atom. The molecule has 5 saturated carbocycles. The Morgan fingerprint density at radius 3 is 2.23 bits per heavy atom. The molecule has 14 atom stereocenters. The van der Waals surface area contributed by atoms with E-state index in [-0.39, 0.29) is 57.5 Å². The van der Waals surface area contributed by atoms with E-state index in [0.717, 1.165) is 89.9 Å². The smallest absolute Gasteiger partial charge is 0.312 e. The van der Waals surface area contributed by atoms with Gasteiger partial charge in [0.15, 0.2) is 0 Å². The summed E-state index contributed by atoms with van der Waals surface area (Å²) in [5.74, 6) is 0.781. The summed E-state index contributed by atoms with van der Waals surface area (Å²) in [6.45, 7) is 17.0. The van der Waals surface area contributed by atoms with Gasteiger partial charge in [0, 0.05) is 0 Å². The number of hydrogen-bond acceptors (Lipinski definition) is 9. The summed E-state index contributed by atoms with van der Waals surface area (Å²) in [4.78, 5) is 25.6. The highest BCUT2D eigenvalue weighted by molar-refractivity contribution is 5.79. The molecule has 7 aliphatic rings. The molecule has 9 heteroatoms. The van der Waals surface area contributed by atoms with Crippen LogP contribution in [0.2, 0.25) is 0 Å². The quantitative estimate of drug-likeness (QED) is 0.135. The number of ether oxygens (including phenoxy) is 3. The standard InChI is InChI=1S/C43H68O9/c1-38(2)19-21-43(37(49)51-25-11-9-8-10-12-25)22-20-41(6)26(28(43)23-38)13-14-30-40(5)17-15-27(39(3,4)29(40)16-18-42(30,41)7)31(45)35-33(47)32(46)34(48)36(52-35)50-24-44/h13,24-25,27-36,45-48H,8-12,14-23H2,1-7H3/t27-,28?,29?,30?,31+,32-,33?,34+,35+,36?,40+,41-,42-,43+/m1/s1. The minimum Gasteiger partial charge on any atom is -0.462 e. The number of carbonyl (C=O) groups excluding carboxylic acids is 2. The predicted molar refractivity (Wildman–Crippen MR) is 195 cm³/mol. The molecule has 0 bridgehead atoms. The van der Waals surface area contributed by atoms with Crippen molar-refractivity contribution in [2.75, 3.05) is 0 Å². The first kappa shape index (κ1) is 38.7. The number of esters is 1. The Kier molecular flexibility index (Phi) is 9.92. The average molecular weight is 729 g/mol. The van der Waals surface area contributed by atoms with Gasteiger partial charge in [-0.15, -0.1) is 0 Å². The highest BCUT2D eigenvalue weighted by Gasteiger charge is 2.70. The van der Waals surface area contributed by atoms with Crippen molar-refractivity contribution in [2.24, 2.45) is 56.2 Å². The van der Waals surface area contributed by atoms with Crippen LogP contribution in [-0.2, 0) is 23.8 Å². The summed E-state index contributed by atoms with van der Waals surface area (Å²) in [6, 6.07) is 0. The van der Waals surface area contributed by atoms with Crippen LogP contribution in [0.15, 0.2) is 11.6 Å². The molecule has 1 heterocycles. The van der Waals surface area contributed by atoms with E-state index >= 15 is 0 Å². The molecule has 0 aromatic carbocycles. The largest absolute Gasteiger partial charge is 0.462 e. The van der Waals surface area contributed by atoms with Crippen LogP contribution < -0.4 is 0 Å². The maximum atomic E-state index is 14.4. The van der Waals surface area contributed by atoms with Crippen molar-refractivity contribution in [1.29, 1.82) is 0 Å². The van der Waals surface area contributed by atoms with Gasteiger partial charge in [-0.25, -0.2) is 0 Å². The van der Waals surface area contributed by atoms with Gasteiger partial charge < -0.3 is 34.6 Å². The fourth-order valence-corrected chi connectivity index (χ4v) is 14.3. The van der Waals surface area contributed by atoms with Crippen molar-refractivity contribution in [3.05, 3.63) is 11.6 Å². The van der Waals surface area contributed by atoms with Crippen LogP contribution >= 0.6 is 0 Å². The van der Waals surface area contributed by atoms with E-state index in [9.17, 15) is 30.0 Å². The van der Waals surface area contributed by atoms with Crippen LogP contribution in [0.4, 0.5) is 0 Å². The van der Waals surface area contributed by atoms with Crippen LogP contribution in [0.3, 0.4) is 0 Å². The third-order valence-electron chi connectivity index (χ3n) is 17.5.